The molecule has 1 heterocycles. The van der Waals surface area contributed by atoms with Gasteiger partial charge in [-0.2, -0.15) is 0 Å². The molecule has 1 aliphatic heterocycles. The topological polar surface area (TPSA) is 15.3 Å². The maximum absolute atomic E-state index is 3.71. The Kier molecular flexibility index (Phi) is 3.67. The van der Waals surface area contributed by atoms with Gasteiger partial charge in [0.25, 0.3) is 0 Å². The second kappa shape index (κ2) is 5.41. The van der Waals surface area contributed by atoms with E-state index in [2.05, 4.69) is 41.4 Å². The molecule has 0 amide bonds. The van der Waals surface area contributed by atoms with Gasteiger partial charge in [-0.1, -0.05) is 31.2 Å². The lowest BCUT2D eigenvalue weighted by Crippen LogP contribution is -2.45. The number of rotatable bonds is 5. The Bertz CT molecular complexity index is 398. The molecule has 2 heteroatoms. The molecule has 0 saturated heterocycles. The van der Waals surface area contributed by atoms with Crippen LogP contribution in [0.4, 0.5) is 0 Å². The second-order valence-corrected chi connectivity index (χ2v) is 5.78. The minimum atomic E-state index is 0.645. The molecule has 1 saturated carbocycles. The highest BCUT2D eigenvalue weighted by Gasteiger charge is 2.30. The smallest absolute Gasteiger partial charge is 0.0238 e. The van der Waals surface area contributed by atoms with Gasteiger partial charge in [0, 0.05) is 25.2 Å². The van der Waals surface area contributed by atoms with E-state index in [-0.39, 0.29) is 0 Å². The van der Waals surface area contributed by atoms with Crippen LogP contribution in [-0.2, 0) is 13.0 Å². The van der Waals surface area contributed by atoms with Crippen molar-refractivity contribution in [2.75, 3.05) is 13.1 Å². The number of fused-ring (bicyclic) bond motifs is 1. The summed E-state index contributed by atoms with van der Waals surface area (Å²) < 4.78 is 0. The van der Waals surface area contributed by atoms with Crippen molar-refractivity contribution in [1.82, 2.24) is 10.2 Å². The van der Waals surface area contributed by atoms with Crippen molar-refractivity contribution in [1.29, 1.82) is 0 Å². The van der Waals surface area contributed by atoms with Crippen LogP contribution in [0.1, 0.15) is 37.3 Å². The molecule has 0 spiro atoms. The van der Waals surface area contributed by atoms with Gasteiger partial charge in [0.2, 0.25) is 0 Å². The van der Waals surface area contributed by atoms with Crippen LogP contribution < -0.4 is 5.32 Å². The molecule has 0 aromatic heterocycles. The Morgan fingerprint density at radius 2 is 2.00 bits per heavy atom. The third kappa shape index (κ3) is 2.76. The molecule has 1 unspecified atom stereocenters. The summed E-state index contributed by atoms with van der Waals surface area (Å²) in [6.07, 6.45) is 5.32. The second-order valence-electron chi connectivity index (χ2n) is 5.78. The van der Waals surface area contributed by atoms with Gasteiger partial charge >= 0.3 is 0 Å². The monoisotopic (exact) mass is 244 g/mol. The number of nitrogens with zero attached hydrogens (tertiary/aromatic N) is 1. The Morgan fingerprint density at radius 1 is 1.22 bits per heavy atom. The van der Waals surface area contributed by atoms with Crippen molar-refractivity contribution in [3.05, 3.63) is 35.4 Å². The zero-order chi connectivity index (χ0) is 12.4. The standard InChI is InChI=1S/C16H24N2/c1-2-9-18(16-7-8-16)12-15-10-13-5-3-4-6-14(13)11-17-15/h3-6,15-17H,2,7-12H2,1H3. The molecule has 1 N–H and O–H groups in total. The lowest BCUT2D eigenvalue weighted by Gasteiger charge is -2.31. The molecule has 1 aromatic rings. The Morgan fingerprint density at radius 3 is 2.72 bits per heavy atom. The maximum Gasteiger partial charge on any atom is 0.0238 e. The van der Waals surface area contributed by atoms with E-state index in [1.165, 1.54) is 44.3 Å². The van der Waals surface area contributed by atoms with Gasteiger partial charge in [0.15, 0.2) is 0 Å². The van der Waals surface area contributed by atoms with Crippen LogP contribution in [0.15, 0.2) is 24.3 Å². The summed E-state index contributed by atoms with van der Waals surface area (Å²) in [5.41, 5.74) is 3.04. The van der Waals surface area contributed by atoms with Crippen LogP contribution in [0.5, 0.6) is 0 Å². The predicted molar refractivity (Wildman–Crippen MR) is 75.7 cm³/mol. The van der Waals surface area contributed by atoms with Crippen LogP contribution in [0, 0.1) is 0 Å². The van der Waals surface area contributed by atoms with Crippen LogP contribution in [-0.4, -0.2) is 30.1 Å². The Balaban J connectivity index is 1.61. The summed E-state index contributed by atoms with van der Waals surface area (Å²) in [4.78, 5) is 2.70. The first-order valence-corrected chi connectivity index (χ1v) is 7.41. The zero-order valence-electron chi connectivity index (χ0n) is 11.4. The van der Waals surface area contributed by atoms with Crippen LogP contribution in [0.2, 0.25) is 0 Å². The van der Waals surface area contributed by atoms with Crippen LogP contribution in [0.25, 0.3) is 0 Å². The van der Waals surface area contributed by atoms with Crippen molar-refractivity contribution < 1.29 is 0 Å². The van der Waals surface area contributed by atoms with Gasteiger partial charge < -0.3 is 5.32 Å². The fraction of sp³-hybridized carbons (Fsp3) is 0.625. The maximum atomic E-state index is 3.71. The first-order chi connectivity index (χ1) is 8.86. The van der Waals surface area contributed by atoms with E-state index in [1.807, 2.05) is 0 Å². The number of nitrogens with one attached hydrogen (secondary N) is 1. The lowest BCUT2D eigenvalue weighted by molar-refractivity contribution is 0.227. The van der Waals surface area contributed by atoms with E-state index < -0.39 is 0 Å². The normalized spacial score (nSPS) is 23.1. The zero-order valence-corrected chi connectivity index (χ0v) is 11.4. The first-order valence-electron chi connectivity index (χ1n) is 7.41. The quantitative estimate of drug-likeness (QED) is 0.856. The summed E-state index contributed by atoms with van der Waals surface area (Å²) in [6, 6.07) is 10.4. The molecule has 2 nitrogen and oxygen atoms in total. The molecule has 1 aliphatic carbocycles. The summed E-state index contributed by atoms with van der Waals surface area (Å²) in [5, 5.41) is 3.71. The largest absolute Gasteiger partial charge is 0.308 e. The van der Waals surface area contributed by atoms with E-state index in [4.69, 9.17) is 0 Å². The highest BCUT2D eigenvalue weighted by Crippen LogP contribution is 2.28. The fourth-order valence-corrected chi connectivity index (χ4v) is 3.08. The molecule has 18 heavy (non-hydrogen) atoms. The van der Waals surface area contributed by atoms with Crippen LogP contribution in [0.3, 0.4) is 0 Å². The molecule has 98 valence electrons. The average Bonchev–Trinajstić information content (AvgIpc) is 3.22. The molecular weight excluding hydrogens is 220 g/mol. The van der Waals surface area contributed by atoms with Gasteiger partial charge in [0.05, 0.1) is 0 Å². The van der Waals surface area contributed by atoms with Crippen molar-refractivity contribution >= 4 is 0 Å². The van der Waals surface area contributed by atoms with Gasteiger partial charge in [-0.15, -0.1) is 0 Å². The van der Waals surface area contributed by atoms with E-state index in [0.717, 1.165) is 12.6 Å². The average molecular weight is 244 g/mol. The van der Waals surface area contributed by atoms with E-state index in [0.29, 0.717) is 6.04 Å². The van der Waals surface area contributed by atoms with E-state index >= 15 is 0 Å². The lowest BCUT2D eigenvalue weighted by atomic mass is 9.95. The summed E-state index contributed by atoms with van der Waals surface area (Å²) in [6.45, 7) is 5.84. The van der Waals surface area contributed by atoms with E-state index in [1.54, 1.807) is 5.56 Å². The molecule has 2 aliphatic rings. The Hall–Kier alpha value is -0.860. The molecular formula is C16H24N2. The molecule has 0 bridgehead atoms. The fourth-order valence-electron chi connectivity index (χ4n) is 3.08. The molecule has 3 rings (SSSR count). The Labute approximate surface area is 110 Å². The van der Waals surface area contributed by atoms with Gasteiger partial charge in [-0.25, -0.2) is 0 Å². The first kappa shape index (κ1) is 12.2. The molecule has 1 atom stereocenters. The predicted octanol–water partition coefficient (Wildman–Crippen LogP) is 2.58. The summed E-state index contributed by atoms with van der Waals surface area (Å²) >= 11 is 0. The number of hydrogen-bond donors (Lipinski definition) is 1. The highest BCUT2D eigenvalue weighted by molar-refractivity contribution is 5.30. The van der Waals surface area contributed by atoms with Crippen molar-refractivity contribution in [3.8, 4) is 0 Å². The van der Waals surface area contributed by atoms with E-state index in [9.17, 15) is 0 Å². The van der Waals surface area contributed by atoms with Gasteiger partial charge in [-0.05, 0) is 43.4 Å². The summed E-state index contributed by atoms with van der Waals surface area (Å²) in [5.74, 6) is 0. The number of benzene rings is 1. The minimum Gasteiger partial charge on any atom is -0.308 e. The third-order valence-electron chi connectivity index (χ3n) is 4.19. The van der Waals surface area contributed by atoms with Crippen molar-refractivity contribution in [3.63, 3.8) is 0 Å². The SMILES string of the molecule is CCCN(CC1Cc2ccccc2CN1)C1CC1. The minimum absolute atomic E-state index is 0.645. The summed E-state index contributed by atoms with van der Waals surface area (Å²) in [7, 11) is 0. The third-order valence-corrected chi connectivity index (χ3v) is 4.19. The molecule has 0 radical (unpaired) electrons. The number of hydrogen-bond acceptors (Lipinski definition) is 2. The molecule has 1 aromatic carbocycles. The molecule has 1 fully saturated rings. The van der Waals surface area contributed by atoms with Crippen molar-refractivity contribution in [2.45, 2.75) is 51.2 Å². The van der Waals surface area contributed by atoms with Crippen molar-refractivity contribution in [2.24, 2.45) is 0 Å². The van der Waals surface area contributed by atoms with Crippen LogP contribution >= 0.6 is 0 Å². The van der Waals surface area contributed by atoms with Gasteiger partial charge in [0.1, 0.15) is 0 Å². The van der Waals surface area contributed by atoms with Gasteiger partial charge in [-0.3, -0.25) is 4.90 Å². The highest BCUT2D eigenvalue weighted by atomic mass is 15.2.